The number of amides is 1. The molecule has 2 atom stereocenters. The van der Waals surface area contributed by atoms with Gasteiger partial charge in [0.2, 0.25) is 5.91 Å². The molecule has 5 heteroatoms. The van der Waals surface area contributed by atoms with Gasteiger partial charge >= 0.3 is 0 Å². The zero-order valence-electron chi connectivity index (χ0n) is 11.2. The lowest BCUT2D eigenvalue weighted by Gasteiger charge is -2.25. The van der Waals surface area contributed by atoms with Gasteiger partial charge in [-0.05, 0) is 13.3 Å². The second kappa shape index (κ2) is 7.36. The minimum Gasteiger partial charge on any atom is -0.381 e. The molecule has 2 saturated heterocycles. The van der Waals surface area contributed by atoms with E-state index in [4.69, 9.17) is 4.74 Å². The van der Waals surface area contributed by atoms with E-state index in [1.165, 1.54) is 5.75 Å². The number of carbonyl (C=O) groups excluding carboxylic acids is 1. The van der Waals surface area contributed by atoms with Gasteiger partial charge in [-0.25, -0.2) is 0 Å². The first-order chi connectivity index (χ1) is 8.79. The first kappa shape index (κ1) is 14.2. The van der Waals surface area contributed by atoms with Crippen LogP contribution in [0.2, 0.25) is 0 Å². The Hall–Kier alpha value is -0.260. The van der Waals surface area contributed by atoms with Crippen molar-refractivity contribution < 1.29 is 9.53 Å². The minimum atomic E-state index is 0.314. The molecule has 18 heavy (non-hydrogen) atoms. The number of nitrogens with zero attached hydrogens (tertiary/aromatic N) is 1. The van der Waals surface area contributed by atoms with Crippen molar-refractivity contribution in [2.45, 2.75) is 25.8 Å². The summed E-state index contributed by atoms with van der Waals surface area (Å²) in [7, 11) is 0. The average molecular weight is 272 g/mol. The van der Waals surface area contributed by atoms with Crippen molar-refractivity contribution in [3.63, 3.8) is 0 Å². The molecular formula is C13H24N2O2S. The lowest BCUT2D eigenvalue weighted by Crippen LogP contribution is -2.42. The van der Waals surface area contributed by atoms with Gasteiger partial charge in [-0.2, -0.15) is 11.8 Å². The predicted octanol–water partition coefficient (Wildman–Crippen LogP) is 0.967. The highest BCUT2D eigenvalue weighted by atomic mass is 32.2. The number of ether oxygens (including phenoxy) is 1. The van der Waals surface area contributed by atoms with Gasteiger partial charge in [0.15, 0.2) is 0 Å². The Bertz CT molecular complexity index is 270. The summed E-state index contributed by atoms with van der Waals surface area (Å²) in [4.78, 5) is 14.2. The number of carbonyl (C=O) groups is 1. The molecule has 104 valence electrons. The normalized spacial score (nSPS) is 28.6. The quantitative estimate of drug-likeness (QED) is 0.809. The molecule has 0 aromatic carbocycles. The van der Waals surface area contributed by atoms with Crippen molar-refractivity contribution in [3.8, 4) is 0 Å². The fourth-order valence-electron chi connectivity index (χ4n) is 2.57. The molecule has 2 aliphatic heterocycles. The number of hydrogen-bond acceptors (Lipinski definition) is 4. The van der Waals surface area contributed by atoms with Crippen LogP contribution in [0.4, 0.5) is 0 Å². The van der Waals surface area contributed by atoms with Crippen LogP contribution < -0.4 is 5.32 Å². The Kier molecular flexibility index (Phi) is 5.79. The SMILES string of the molecule is CCOCC1CCN(C(=O)CC2CSCCN2)C1. The minimum absolute atomic E-state index is 0.314. The third kappa shape index (κ3) is 4.14. The highest BCUT2D eigenvalue weighted by molar-refractivity contribution is 7.99. The van der Waals surface area contributed by atoms with Gasteiger partial charge in [0.05, 0.1) is 6.61 Å². The fraction of sp³-hybridized carbons (Fsp3) is 0.923. The zero-order chi connectivity index (χ0) is 12.8. The molecule has 0 aromatic heterocycles. The first-order valence-electron chi connectivity index (χ1n) is 6.96. The maximum atomic E-state index is 12.2. The van der Waals surface area contributed by atoms with Crippen LogP contribution in [0, 0.1) is 5.92 Å². The molecule has 1 N–H and O–H groups in total. The van der Waals surface area contributed by atoms with Crippen LogP contribution >= 0.6 is 11.8 Å². The molecule has 0 bridgehead atoms. The van der Waals surface area contributed by atoms with Gasteiger partial charge in [-0.3, -0.25) is 4.79 Å². The van der Waals surface area contributed by atoms with Crippen molar-refractivity contribution in [3.05, 3.63) is 0 Å². The summed E-state index contributed by atoms with van der Waals surface area (Å²) in [5, 5.41) is 3.43. The number of rotatable bonds is 5. The molecule has 2 rings (SSSR count). The molecular weight excluding hydrogens is 248 g/mol. The van der Waals surface area contributed by atoms with Crippen LogP contribution in [-0.2, 0) is 9.53 Å². The van der Waals surface area contributed by atoms with Crippen molar-refractivity contribution in [2.24, 2.45) is 5.92 Å². The maximum Gasteiger partial charge on any atom is 0.224 e. The second-order valence-corrected chi connectivity index (χ2v) is 6.23. The summed E-state index contributed by atoms with van der Waals surface area (Å²) in [5.41, 5.74) is 0. The van der Waals surface area contributed by atoms with E-state index in [-0.39, 0.29) is 0 Å². The maximum absolute atomic E-state index is 12.2. The Morgan fingerprint density at radius 1 is 1.56 bits per heavy atom. The lowest BCUT2D eigenvalue weighted by molar-refractivity contribution is -0.130. The number of hydrogen-bond donors (Lipinski definition) is 1. The van der Waals surface area contributed by atoms with Crippen LogP contribution in [0.1, 0.15) is 19.8 Å². The van der Waals surface area contributed by atoms with E-state index in [1.807, 2.05) is 23.6 Å². The highest BCUT2D eigenvalue weighted by Crippen LogP contribution is 2.19. The predicted molar refractivity (Wildman–Crippen MR) is 74.9 cm³/mol. The molecule has 2 aliphatic rings. The molecule has 0 spiro atoms. The summed E-state index contributed by atoms with van der Waals surface area (Å²) >= 11 is 1.95. The monoisotopic (exact) mass is 272 g/mol. The van der Waals surface area contributed by atoms with Crippen molar-refractivity contribution >= 4 is 17.7 Å². The van der Waals surface area contributed by atoms with Gasteiger partial charge < -0.3 is 15.0 Å². The molecule has 0 aliphatic carbocycles. The van der Waals surface area contributed by atoms with E-state index in [2.05, 4.69) is 5.32 Å². The van der Waals surface area contributed by atoms with E-state index in [0.717, 1.165) is 45.0 Å². The summed E-state index contributed by atoms with van der Waals surface area (Å²) < 4.78 is 5.44. The van der Waals surface area contributed by atoms with Crippen LogP contribution in [0.5, 0.6) is 0 Å². The van der Waals surface area contributed by atoms with Gasteiger partial charge in [0.25, 0.3) is 0 Å². The molecule has 4 nitrogen and oxygen atoms in total. The number of likely N-dealkylation sites (tertiary alicyclic amines) is 1. The largest absolute Gasteiger partial charge is 0.381 e. The summed E-state index contributed by atoms with van der Waals surface area (Å²) in [6.07, 6.45) is 1.76. The summed E-state index contributed by atoms with van der Waals surface area (Å²) in [6, 6.07) is 0.377. The van der Waals surface area contributed by atoms with Crippen LogP contribution in [0.25, 0.3) is 0 Å². The van der Waals surface area contributed by atoms with E-state index < -0.39 is 0 Å². The first-order valence-corrected chi connectivity index (χ1v) is 8.11. The lowest BCUT2D eigenvalue weighted by atomic mass is 10.1. The Labute approximate surface area is 114 Å². The van der Waals surface area contributed by atoms with E-state index >= 15 is 0 Å². The van der Waals surface area contributed by atoms with E-state index in [9.17, 15) is 4.79 Å². The molecule has 2 heterocycles. The van der Waals surface area contributed by atoms with Crippen molar-refractivity contribution in [1.29, 1.82) is 0 Å². The van der Waals surface area contributed by atoms with Gasteiger partial charge in [0, 0.05) is 56.1 Å². The smallest absolute Gasteiger partial charge is 0.224 e. The van der Waals surface area contributed by atoms with Gasteiger partial charge in [-0.1, -0.05) is 0 Å². The summed E-state index contributed by atoms with van der Waals surface area (Å²) in [6.45, 7) is 6.43. The summed E-state index contributed by atoms with van der Waals surface area (Å²) in [5.74, 6) is 3.10. The number of nitrogens with one attached hydrogen (secondary N) is 1. The third-order valence-electron chi connectivity index (χ3n) is 3.62. The highest BCUT2D eigenvalue weighted by Gasteiger charge is 2.28. The average Bonchev–Trinajstić information content (AvgIpc) is 2.86. The number of thioether (sulfide) groups is 1. The van der Waals surface area contributed by atoms with E-state index in [0.29, 0.717) is 24.3 Å². The second-order valence-electron chi connectivity index (χ2n) is 5.08. The van der Waals surface area contributed by atoms with Crippen LogP contribution in [0.15, 0.2) is 0 Å². The Morgan fingerprint density at radius 2 is 2.44 bits per heavy atom. The van der Waals surface area contributed by atoms with E-state index in [1.54, 1.807) is 0 Å². The fourth-order valence-corrected chi connectivity index (χ4v) is 3.52. The van der Waals surface area contributed by atoms with Crippen LogP contribution in [-0.4, -0.2) is 61.2 Å². The Balaban J connectivity index is 1.69. The molecule has 1 amide bonds. The Morgan fingerprint density at radius 3 is 3.17 bits per heavy atom. The zero-order valence-corrected chi connectivity index (χ0v) is 12.0. The van der Waals surface area contributed by atoms with Crippen molar-refractivity contribution in [1.82, 2.24) is 10.2 Å². The molecule has 0 aromatic rings. The molecule has 2 fully saturated rings. The molecule has 2 unspecified atom stereocenters. The molecule has 0 saturated carbocycles. The van der Waals surface area contributed by atoms with Crippen LogP contribution in [0.3, 0.4) is 0 Å². The third-order valence-corrected chi connectivity index (χ3v) is 4.75. The van der Waals surface area contributed by atoms with Crippen molar-refractivity contribution in [2.75, 3.05) is 44.4 Å². The standard InChI is InChI=1S/C13H24N2O2S/c1-2-17-9-11-3-5-15(8-11)13(16)7-12-10-18-6-4-14-12/h11-12,14H,2-10H2,1H3. The topological polar surface area (TPSA) is 41.6 Å². The van der Waals surface area contributed by atoms with Gasteiger partial charge in [-0.15, -0.1) is 0 Å². The molecule has 0 radical (unpaired) electrons. The van der Waals surface area contributed by atoms with Gasteiger partial charge in [0.1, 0.15) is 0 Å².